The van der Waals surface area contributed by atoms with Gasteiger partial charge in [0.1, 0.15) is 17.9 Å². The van der Waals surface area contributed by atoms with Crippen LogP contribution in [0.25, 0.3) is 0 Å². The minimum Gasteiger partial charge on any atom is -0.319 e. The van der Waals surface area contributed by atoms with Gasteiger partial charge in [-0.2, -0.15) is 5.10 Å². The predicted octanol–water partition coefficient (Wildman–Crippen LogP) is 2.40. The highest BCUT2D eigenvalue weighted by molar-refractivity contribution is 6.10. The van der Waals surface area contributed by atoms with Crippen molar-refractivity contribution in [3.05, 3.63) is 47.7 Å². The lowest BCUT2D eigenvalue weighted by Gasteiger charge is -2.22. The summed E-state index contributed by atoms with van der Waals surface area (Å²) in [4.78, 5) is 38.7. The maximum Gasteiger partial charge on any atom is 0.325 e. The van der Waals surface area contributed by atoms with Crippen LogP contribution in [0.1, 0.15) is 37.8 Å². The molecule has 2 heterocycles. The van der Waals surface area contributed by atoms with Crippen molar-refractivity contribution in [3.63, 3.8) is 0 Å². The highest BCUT2D eigenvalue weighted by Gasteiger charge is 2.49. The third-order valence-electron chi connectivity index (χ3n) is 4.91. The molecule has 1 atom stereocenters. The topological polar surface area (TPSA) is 96.3 Å². The number of aryl methyl sites for hydroxylation is 2. The van der Waals surface area contributed by atoms with Crippen molar-refractivity contribution in [2.75, 3.05) is 11.9 Å². The minimum absolute atomic E-state index is 0.356. The number of unbranched alkanes of at least 4 members (excludes halogenated alkanes) is 1. The molecule has 0 radical (unpaired) electrons. The number of rotatable bonds is 7. The quantitative estimate of drug-likeness (QED) is 0.718. The molecular formula is C20H25N5O3. The van der Waals surface area contributed by atoms with Crippen LogP contribution in [-0.4, -0.2) is 39.1 Å². The van der Waals surface area contributed by atoms with Crippen LogP contribution >= 0.6 is 0 Å². The second-order valence-corrected chi connectivity index (χ2v) is 7.15. The van der Waals surface area contributed by atoms with E-state index in [1.807, 2.05) is 31.2 Å². The van der Waals surface area contributed by atoms with Crippen molar-refractivity contribution < 1.29 is 14.4 Å². The molecule has 1 aromatic carbocycles. The highest BCUT2D eigenvalue weighted by Crippen LogP contribution is 2.28. The van der Waals surface area contributed by atoms with Crippen molar-refractivity contribution in [2.45, 2.75) is 45.7 Å². The summed E-state index contributed by atoms with van der Waals surface area (Å²) in [6.07, 6.45) is 3.55. The Kier molecular flexibility index (Phi) is 5.48. The van der Waals surface area contributed by atoms with Crippen molar-refractivity contribution in [3.8, 4) is 0 Å². The Morgan fingerprint density at radius 3 is 2.61 bits per heavy atom. The third kappa shape index (κ3) is 3.76. The number of aromatic nitrogens is 2. The largest absolute Gasteiger partial charge is 0.325 e. The Balaban J connectivity index is 1.70. The van der Waals surface area contributed by atoms with Crippen LogP contribution in [0.5, 0.6) is 0 Å². The maximum absolute atomic E-state index is 12.9. The van der Waals surface area contributed by atoms with E-state index in [1.165, 1.54) is 0 Å². The van der Waals surface area contributed by atoms with Crippen LogP contribution in [0.15, 0.2) is 36.5 Å². The van der Waals surface area contributed by atoms with E-state index in [2.05, 4.69) is 22.7 Å². The van der Waals surface area contributed by atoms with E-state index in [0.29, 0.717) is 17.9 Å². The van der Waals surface area contributed by atoms with Gasteiger partial charge in [0.05, 0.1) is 6.20 Å². The molecule has 0 saturated carbocycles. The summed E-state index contributed by atoms with van der Waals surface area (Å²) in [5, 5.41) is 9.62. The molecule has 8 heteroatoms. The number of nitrogens with zero attached hydrogens (tertiary/aromatic N) is 3. The molecule has 1 aliphatic rings. The molecule has 28 heavy (non-hydrogen) atoms. The van der Waals surface area contributed by atoms with Gasteiger partial charge in [0, 0.05) is 12.6 Å². The van der Waals surface area contributed by atoms with Crippen LogP contribution in [0.3, 0.4) is 0 Å². The van der Waals surface area contributed by atoms with Gasteiger partial charge in [-0.1, -0.05) is 43.2 Å². The number of anilines is 1. The molecule has 1 fully saturated rings. The van der Waals surface area contributed by atoms with Gasteiger partial charge >= 0.3 is 6.03 Å². The smallest absolute Gasteiger partial charge is 0.319 e. The van der Waals surface area contributed by atoms with Crippen LogP contribution in [0.4, 0.5) is 10.6 Å². The molecule has 0 bridgehead atoms. The Morgan fingerprint density at radius 1 is 1.21 bits per heavy atom. The number of urea groups is 1. The van der Waals surface area contributed by atoms with E-state index in [1.54, 1.807) is 23.9 Å². The number of imide groups is 1. The lowest BCUT2D eigenvalue weighted by atomic mass is 9.91. The van der Waals surface area contributed by atoms with Gasteiger partial charge < -0.3 is 10.6 Å². The number of amides is 4. The zero-order valence-corrected chi connectivity index (χ0v) is 16.4. The molecule has 148 valence electrons. The zero-order valence-electron chi connectivity index (χ0n) is 16.4. The fourth-order valence-electron chi connectivity index (χ4n) is 3.17. The molecule has 8 nitrogen and oxygen atoms in total. The number of carbonyl (C=O) groups is 3. The Labute approximate surface area is 163 Å². The number of hydrogen-bond acceptors (Lipinski definition) is 4. The standard InChI is InChI=1S/C20H25N5O3/c1-4-5-12-25-16(10-11-21-25)22-17(26)13-24-18(27)20(3,23-19(24)28)15-8-6-14(2)7-9-15/h6-11H,4-5,12-13H2,1-3H3,(H,22,26)(H,23,28). The molecular weight excluding hydrogens is 358 g/mol. The van der Waals surface area contributed by atoms with Gasteiger partial charge in [0.15, 0.2) is 0 Å². The predicted molar refractivity (Wildman–Crippen MR) is 105 cm³/mol. The maximum atomic E-state index is 12.9. The van der Waals surface area contributed by atoms with Gasteiger partial charge in [0.25, 0.3) is 5.91 Å². The molecule has 1 saturated heterocycles. The average molecular weight is 383 g/mol. The normalized spacial score (nSPS) is 19.0. The van der Waals surface area contributed by atoms with Gasteiger partial charge in [-0.15, -0.1) is 0 Å². The SMILES string of the molecule is CCCCn1nccc1NC(=O)CN1C(=O)NC(C)(c2ccc(C)cc2)C1=O. The van der Waals surface area contributed by atoms with E-state index < -0.39 is 23.4 Å². The fourth-order valence-corrected chi connectivity index (χ4v) is 3.17. The van der Waals surface area contributed by atoms with E-state index in [9.17, 15) is 14.4 Å². The van der Waals surface area contributed by atoms with E-state index in [4.69, 9.17) is 0 Å². The Morgan fingerprint density at radius 2 is 1.93 bits per heavy atom. The molecule has 1 aliphatic heterocycles. The molecule has 1 unspecified atom stereocenters. The molecule has 2 aromatic rings. The first-order valence-corrected chi connectivity index (χ1v) is 9.38. The van der Waals surface area contributed by atoms with Gasteiger partial charge in [-0.25, -0.2) is 9.48 Å². The molecule has 3 rings (SSSR count). The monoisotopic (exact) mass is 383 g/mol. The summed E-state index contributed by atoms with van der Waals surface area (Å²) in [5.74, 6) is -0.349. The van der Waals surface area contributed by atoms with Crippen molar-refractivity contribution in [1.29, 1.82) is 0 Å². The Bertz CT molecular complexity index is 890. The number of benzene rings is 1. The second-order valence-electron chi connectivity index (χ2n) is 7.15. The lowest BCUT2D eigenvalue weighted by molar-refractivity contribution is -0.133. The van der Waals surface area contributed by atoms with Crippen LogP contribution in [0.2, 0.25) is 0 Å². The van der Waals surface area contributed by atoms with Gasteiger partial charge in [-0.05, 0) is 25.8 Å². The summed E-state index contributed by atoms with van der Waals surface area (Å²) in [6.45, 7) is 6.00. The fraction of sp³-hybridized carbons (Fsp3) is 0.400. The van der Waals surface area contributed by atoms with Crippen molar-refractivity contribution >= 4 is 23.7 Å². The van der Waals surface area contributed by atoms with Crippen LogP contribution in [0, 0.1) is 6.92 Å². The minimum atomic E-state index is -1.19. The summed E-state index contributed by atoms with van der Waals surface area (Å²) >= 11 is 0. The van der Waals surface area contributed by atoms with Gasteiger partial charge in [0.2, 0.25) is 5.91 Å². The van der Waals surface area contributed by atoms with E-state index >= 15 is 0 Å². The summed E-state index contributed by atoms with van der Waals surface area (Å²) in [7, 11) is 0. The average Bonchev–Trinajstić information content (AvgIpc) is 3.18. The van der Waals surface area contributed by atoms with Gasteiger partial charge in [-0.3, -0.25) is 14.5 Å². The first-order chi connectivity index (χ1) is 13.3. The number of hydrogen-bond donors (Lipinski definition) is 2. The number of carbonyl (C=O) groups excluding carboxylic acids is 3. The highest BCUT2D eigenvalue weighted by atomic mass is 16.2. The summed E-state index contributed by atoms with van der Waals surface area (Å²) < 4.78 is 1.70. The van der Waals surface area contributed by atoms with E-state index in [-0.39, 0.29) is 6.54 Å². The second kappa shape index (κ2) is 7.84. The van der Waals surface area contributed by atoms with Crippen molar-refractivity contribution in [1.82, 2.24) is 20.0 Å². The van der Waals surface area contributed by atoms with E-state index in [0.717, 1.165) is 23.3 Å². The summed E-state index contributed by atoms with van der Waals surface area (Å²) in [6, 6.07) is 8.49. The molecule has 0 aliphatic carbocycles. The first-order valence-electron chi connectivity index (χ1n) is 9.38. The molecule has 2 N–H and O–H groups in total. The molecule has 0 spiro atoms. The van der Waals surface area contributed by atoms with Crippen LogP contribution < -0.4 is 10.6 Å². The number of nitrogens with one attached hydrogen (secondary N) is 2. The third-order valence-corrected chi connectivity index (χ3v) is 4.91. The first kappa shape index (κ1) is 19.6. The molecule has 1 aromatic heterocycles. The van der Waals surface area contributed by atoms with Crippen LogP contribution in [-0.2, 0) is 21.7 Å². The molecule has 4 amide bonds. The summed E-state index contributed by atoms with van der Waals surface area (Å²) in [5.41, 5.74) is 0.547. The van der Waals surface area contributed by atoms with Crippen molar-refractivity contribution in [2.24, 2.45) is 0 Å². The lowest BCUT2D eigenvalue weighted by Crippen LogP contribution is -2.42. The zero-order chi connectivity index (χ0) is 20.3. The Hall–Kier alpha value is -3.16.